The van der Waals surface area contributed by atoms with E-state index in [4.69, 9.17) is 5.26 Å². The highest BCUT2D eigenvalue weighted by atomic mass is 14.3. The van der Waals surface area contributed by atoms with Crippen LogP contribution in [0.1, 0.15) is 49.3 Å². The van der Waals surface area contributed by atoms with Crippen molar-refractivity contribution in [2.45, 2.75) is 32.6 Å². The van der Waals surface area contributed by atoms with Gasteiger partial charge < -0.3 is 0 Å². The summed E-state index contributed by atoms with van der Waals surface area (Å²) in [6, 6.07) is 8.55. The van der Waals surface area contributed by atoms with Gasteiger partial charge >= 0.3 is 0 Å². The minimum absolute atomic E-state index is 0.656. The standard InChI is InChI=1S/C13H14N/c1-9(2)11-4-3-5-12(10-6-7-10)13(11)8-14/h3-5,10H,6-7H2,1-2H3. The highest BCUT2D eigenvalue weighted by molar-refractivity contribution is 5.51. The van der Waals surface area contributed by atoms with Gasteiger partial charge in [0.05, 0.1) is 11.6 Å². The maximum atomic E-state index is 9.16. The Morgan fingerprint density at radius 3 is 2.57 bits per heavy atom. The lowest BCUT2D eigenvalue weighted by atomic mass is 9.92. The number of hydrogen-bond acceptors (Lipinski definition) is 1. The molecule has 1 aromatic carbocycles. The molecule has 1 aromatic rings. The molecule has 14 heavy (non-hydrogen) atoms. The average molecular weight is 184 g/mol. The van der Waals surface area contributed by atoms with Crippen molar-refractivity contribution in [2.24, 2.45) is 0 Å². The summed E-state index contributed by atoms with van der Waals surface area (Å²) in [6.45, 7) is 4.12. The quantitative estimate of drug-likeness (QED) is 0.691. The molecule has 1 aliphatic rings. The van der Waals surface area contributed by atoms with Crippen molar-refractivity contribution in [3.8, 4) is 6.07 Å². The van der Waals surface area contributed by atoms with Gasteiger partial charge in [-0.05, 0) is 29.9 Å². The van der Waals surface area contributed by atoms with Crippen LogP contribution in [-0.4, -0.2) is 0 Å². The van der Waals surface area contributed by atoms with Crippen molar-refractivity contribution in [3.05, 3.63) is 40.8 Å². The normalized spacial score (nSPS) is 15.6. The average Bonchev–Trinajstić information content (AvgIpc) is 2.99. The van der Waals surface area contributed by atoms with Crippen molar-refractivity contribution in [1.82, 2.24) is 0 Å². The Labute approximate surface area is 85.4 Å². The third-order valence-corrected chi connectivity index (χ3v) is 2.76. The Morgan fingerprint density at radius 1 is 1.36 bits per heavy atom. The van der Waals surface area contributed by atoms with Crippen LogP contribution in [0.25, 0.3) is 0 Å². The Bertz CT molecular complexity index is 360. The highest BCUT2D eigenvalue weighted by Crippen LogP contribution is 2.42. The first-order valence-electron chi connectivity index (χ1n) is 5.07. The third-order valence-electron chi connectivity index (χ3n) is 2.76. The lowest BCUT2D eigenvalue weighted by molar-refractivity contribution is 1.07. The molecule has 1 fully saturated rings. The second-order valence-electron chi connectivity index (χ2n) is 4.16. The smallest absolute Gasteiger partial charge is 0.0997 e. The minimum Gasteiger partial charge on any atom is -0.192 e. The summed E-state index contributed by atoms with van der Waals surface area (Å²) < 4.78 is 0. The van der Waals surface area contributed by atoms with Crippen LogP contribution in [0, 0.1) is 17.2 Å². The molecule has 2 rings (SSSR count). The van der Waals surface area contributed by atoms with Crippen molar-refractivity contribution >= 4 is 0 Å². The summed E-state index contributed by atoms with van der Waals surface area (Å²) in [5.41, 5.74) is 3.28. The van der Waals surface area contributed by atoms with Crippen LogP contribution in [0.15, 0.2) is 18.2 Å². The molecule has 0 saturated heterocycles. The van der Waals surface area contributed by atoms with Crippen molar-refractivity contribution in [2.75, 3.05) is 0 Å². The molecule has 1 nitrogen and oxygen atoms in total. The van der Waals surface area contributed by atoms with Crippen LogP contribution in [0.4, 0.5) is 0 Å². The molecule has 0 spiro atoms. The van der Waals surface area contributed by atoms with E-state index in [9.17, 15) is 0 Å². The third kappa shape index (κ3) is 1.53. The predicted octanol–water partition coefficient (Wildman–Crippen LogP) is 3.40. The molecule has 0 heterocycles. The molecule has 71 valence electrons. The van der Waals surface area contributed by atoms with E-state index in [0.717, 1.165) is 11.1 Å². The molecule has 0 amide bonds. The van der Waals surface area contributed by atoms with E-state index in [1.807, 2.05) is 6.07 Å². The molecule has 0 unspecified atom stereocenters. The van der Waals surface area contributed by atoms with Gasteiger partial charge in [0.2, 0.25) is 0 Å². The fourth-order valence-electron chi connectivity index (χ4n) is 1.85. The Balaban J connectivity index is 2.51. The van der Waals surface area contributed by atoms with Gasteiger partial charge in [-0.3, -0.25) is 0 Å². The first-order valence-corrected chi connectivity index (χ1v) is 5.07. The number of rotatable bonds is 2. The summed E-state index contributed by atoms with van der Waals surface area (Å²) in [5.74, 6) is 1.88. The van der Waals surface area contributed by atoms with E-state index < -0.39 is 0 Å². The Morgan fingerprint density at radius 2 is 2.07 bits per heavy atom. The van der Waals surface area contributed by atoms with Gasteiger partial charge in [0.1, 0.15) is 0 Å². The number of nitrogens with zero attached hydrogens (tertiary/aromatic N) is 1. The molecule has 0 bridgehead atoms. The first-order chi connectivity index (χ1) is 6.74. The molecule has 0 N–H and O–H groups in total. The molecule has 0 aromatic heterocycles. The number of hydrogen-bond donors (Lipinski definition) is 0. The SMILES string of the molecule is C[C](C)c1cccc(C2CC2)c1C#N. The topological polar surface area (TPSA) is 23.8 Å². The van der Waals surface area contributed by atoms with E-state index in [0.29, 0.717) is 5.92 Å². The molecule has 1 heteroatoms. The van der Waals surface area contributed by atoms with Crippen LogP contribution >= 0.6 is 0 Å². The molecular formula is C13H14N. The summed E-state index contributed by atoms with van der Waals surface area (Å²) in [5, 5.41) is 9.16. The summed E-state index contributed by atoms with van der Waals surface area (Å²) >= 11 is 0. The van der Waals surface area contributed by atoms with Gasteiger partial charge in [0.25, 0.3) is 0 Å². The number of nitriles is 1. The fourth-order valence-corrected chi connectivity index (χ4v) is 1.85. The minimum atomic E-state index is 0.656. The van der Waals surface area contributed by atoms with Crippen molar-refractivity contribution in [1.29, 1.82) is 5.26 Å². The van der Waals surface area contributed by atoms with Crippen LogP contribution in [0.2, 0.25) is 0 Å². The zero-order valence-electron chi connectivity index (χ0n) is 8.67. The second-order valence-corrected chi connectivity index (χ2v) is 4.16. The molecular weight excluding hydrogens is 170 g/mol. The zero-order chi connectivity index (χ0) is 10.1. The van der Waals surface area contributed by atoms with Gasteiger partial charge in [0.15, 0.2) is 0 Å². The largest absolute Gasteiger partial charge is 0.192 e. The lowest BCUT2D eigenvalue weighted by Gasteiger charge is -2.10. The molecule has 0 aliphatic heterocycles. The van der Waals surface area contributed by atoms with Crippen LogP contribution in [0.3, 0.4) is 0 Å². The van der Waals surface area contributed by atoms with Crippen LogP contribution < -0.4 is 0 Å². The monoisotopic (exact) mass is 184 g/mol. The zero-order valence-corrected chi connectivity index (χ0v) is 8.67. The fraction of sp³-hybridized carbons (Fsp3) is 0.385. The first kappa shape index (κ1) is 9.27. The van der Waals surface area contributed by atoms with Gasteiger partial charge in [-0.2, -0.15) is 5.26 Å². The number of benzene rings is 1. The summed E-state index contributed by atoms with van der Waals surface area (Å²) in [6.07, 6.45) is 2.50. The van der Waals surface area contributed by atoms with Crippen LogP contribution in [0.5, 0.6) is 0 Å². The lowest BCUT2D eigenvalue weighted by Crippen LogP contribution is -1.97. The Hall–Kier alpha value is -1.29. The van der Waals surface area contributed by atoms with Gasteiger partial charge in [-0.1, -0.05) is 32.0 Å². The summed E-state index contributed by atoms with van der Waals surface area (Å²) in [7, 11) is 0. The highest BCUT2D eigenvalue weighted by Gasteiger charge is 2.27. The molecule has 1 saturated carbocycles. The van der Waals surface area contributed by atoms with Gasteiger partial charge in [-0.25, -0.2) is 0 Å². The van der Waals surface area contributed by atoms with Crippen LogP contribution in [-0.2, 0) is 0 Å². The van der Waals surface area contributed by atoms with E-state index >= 15 is 0 Å². The molecule has 1 aliphatic carbocycles. The maximum absolute atomic E-state index is 9.16. The Kier molecular flexibility index (Phi) is 2.29. The van der Waals surface area contributed by atoms with E-state index in [-0.39, 0.29) is 0 Å². The second kappa shape index (κ2) is 3.46. The molecule has 0 atom stereocenters. The molecule has 1 radical (unpaired) electrons. The van der Waals surface area contributed by atoms with Gasteiger partial charge in [0, 0.05) is 5.92 Å². The van der Waals surface area contributed by atoms with E-state index in [1.165, 1.54) is 24.3 Å². The van der Waals surface area contributed by atoms with Crippen molar-refractivity contribution < 1.29 is 0 Å². The van der Waals surface area contributed by atoms with E-state index in [1.54, 1.807) is 0 Å². The van der Waals surface area contributed by atoms with Crippen molar-refractivity contribution in [3.63, 3.8) is 0 Å². The summed E-state index contributed by atoms with van der Waals surface area (Å²) in [4.78, 5) is 0. The maximum Gasteiger partial charge on any atom is 0.0997 e. The predicted molar refractivity (Wildman–Crippen MR) is 56.8 cm³/mol. The van der Waals surface area contributed by atoms with E-state index in [2.05, 4.69) is 32.0 Å². The van der Waals surface area contributed by atoms with Gasteiger partial charge in [-0.15, -0.1) is 0 Å².